The van der Waals surface area contributed by atoms with Crippen LogP contribution in [0.25, 0.3) is 0 Å². The van der Waals surface area contributed by atoms with Crippen LogP contribution in [0.15, 0.2) is 34.9 Å². The lowest BCUT2D eigenvalue weighted by Gasteiger charge is -2.15. The second-order valence-electron chi connectivity index (χ2n) is 3.80. The SMILES string of the molecule is COc1ccc(F)cc1C(N)c1ccoc1C. The molecule has 0 radical (unpaired) electrons. The Morgan fingerprint density at radius 2 is 2.06 bits per heavy atom. The molecule has 0 bridgehead atoms. The van der Waals surface area contributed by atoms with E-state index in [4.69, 9.17) is 14.9 Å². The predicted molar refractivity (Wildman–Crippen MR) is 62.4 cm³/mol. The molecule has 0 spiro atoms. The quantitative estimate of drug-likeness (QED) is 0.889. The van der Waals surface area contributed by atoms with E-state index in [1.165, 1.54) is 19.2 Å². The van der Waals surface area contributed by atoms with Crippen LogP contribution in [0.2, 0.25) is 0 Å². The summed E-state index contributed by atoms with van der Waals surface area (Å²) >= 11 is 0. The number of hydrogen-bond donors (Lipinski definition) is 1. The number of nitrogens with two attached hydrogens (primary N) is 1. The van der Waals surface area contributed by atoms with Gasteiger partial charge in [0.15, 0.2) is 0 Å². The lowest BCUT2D eigenvalue weighted by Crippen LogP contribution is -2.13. The van der Waals surface area contributed by atoms with Crippen molar-refractivity contribution in [1.82, 2.24) is 0 Å². The minimum absolute atomic E-state index is 0.336. The Balaban J connectivity index is 2.46. The topological polar surface area (TPSA) is 48.4 Å². The van der Waals surface area contributed by atoms with Crippen molar-refractivity contribution in [2.75, 3.05) is 7.11 Å². The van der Waals surface area contributed by atoms with Gasteiger partial charge in [0, 0.05) is 11.1 Å². The third kappa shape index (κ3) is 2.17. The fourth-order valence-corrected chi connectivity index (χ4v) is 1.83. The molecule has 1 aromatic carbocycles. The molecule has 0 saturated carbocycles. The summed E-state index contributed by atoms with van der Waals surface area (Å²) in [4.78, 5) is 0. The third-order valence-corrected chi connectivity index (χ3v) is 2.76. The molecule has 2 rings (SSSR count). The molecular weight excluding hydrogens is 221 g/mol. The highest BCUT2D eigenvalue weighted by atomic mass is 19.1. The average Bonchev–Trinajstić information content (AvgIpc) is 2.74. The Morgan fingerprint density at radius 3 is 2.65 bits per heavy atom. The minimum atomic E-state index is -0.459. The minimum Gasteiger partial charge on any atom is -0.496 e. The maximum atomic E-state index is 13.3. The maximum absolute atomic E-state index is 13.3. The molecule has 0 saturated heterocycles. The van der Waals surface area contributed by atoms with Crippen molar-refractivity contribution in [3.63, 3.8) is 0 Å². The molecule has 90 valence electrons. The molecule has 0 aliphatic heterocycles. The number of benzene rings is 1. The Hall–Kier alpha value is -1.81. The molecule has 2 aromatic rings. The Morgan fingerprint density at radius 1 is 1.29 bits per heavy atom. The van der Waals surface area contributed by atoms with Crippen LogP contribution >= 0.6 is 0 Å². The van der Waals surface area contributed by atoms with Crippen LogP contribution in [-0.4, -0.2) is 7.11 Å². The van der Waals surface area contributed by atoms with Crippen LogP contribution in [0.4, 0.5) is 4.39 Å². The van der Waals surface area contributed by atoms with Gasteiger partial charge in [0.2, 0.25) is 0 Å². The van der Waals surface area contributed by atoms with E-state index in [2.05, 4.69) is 0 Å². The predicted octanol–water partition coefficient (Wildman–Crippen LogP) is 2.78. The number of halogens is 1. The van der Waals surface area contributed by atoms with Crippen molar-refractivity contribution in [1.29, 1.82) is 0 Å². The van der Waals surface area contributed by atoms with E-state index in [9.17, 15) is 4.39 Å². The molecule has 1 unspecified atom stereocenters. The first kappa shape index (κ1) is 11.7. The van der Waals surface area contributed by atoms with Crippen molar-refractivity contribution in [3.05, 3.63) is 53.2 Å². The standard InChI is InChI=1S/C13H14FNO2/c1-8-10(5-6-17-8)13(15)11-7-9(14)3-4-12(11)16-2/h3-7,13H,15H2,1-2H3. The summed E-state index contributed by atoms with van der Waals surface area (Å²) in [5, 5.41) is 0. The molecule has 1 atom stereocenters. The van der Waals surface area contributed by atoms with E-state index < -0.39 is 6.04 Å². The Kier molecular flexibility index (Phi) is 3.15. The van der Waals surface area contributed by atoms with Gasteiger partial charge in [0.25, 0.3) is 0 Å². The fourth-order valence-electron chi connectivity index (χ4n) is 1.83. The van der Waals surface area contributed by atoms with Crippen LogP contribution < -0.4 is 10.5 Å². The number of hydrogen-bond acceptors (Lipinski definition) is 3. The van der Waals surface area contributed by atoms with Crippen molar-refractivity contribution < 1.29 is 13.5 Å². The first-order valence-corrected chi connectivity index (χ1v) is 5.26. The van der Waals surface area contributed by atoms with Gasteiger partial charge in [-0.15, -0.1) is 0 Å². The lowest BCUT2D eigenvalue weighted by atomic mass is 9.99. The van der Waals surface area contributed by atoms with Gasteiger partial charge in [-0.1, -0.05) is 0 Å². The number of ether oxygens (including phenoxy) is 1. The second kappa shape index (κ2) is 4.59. The highest BCUT2D eigenvalue weighted by Crippen LogP contribution is 2.30. The molecular formula is C13H14FNO2. The summed E-state index contributed by atoms with van der Waals surface area (Å²) in [7, 11) is 1.53. The van der Waals surface area contributed by atoms with E-state index in [1.807, 2.05) is 6.92 Å². The molecule has 0 fully saturated rings. The maximum Gasteiger partial charge on any atom is 0.124 e. The van der Waals surface area contributed by atoms with Crippen molar-refractivity contribution in [3.8, 4) is 5.75 Å². The molecule has 1 heterocycles. The highest BCUT2D eigenvalue weighted by Gasteiger charge is 2.18. The van der Waals surface area contributed by atoms with Crippen molar-refractivity contribution in [2.24, 2.45) is 5.73 Å². The zero-order valence-corrected chi connectivity index (χ0v) is 9.74. The summed E-state index contributed by atoms with van der Waals surface area (Å²) in [6.45, 7) is 1.82. The number of methoxy groups -OCH3 is 1. The van der Waals surface area contributed by atoms with E-state index in [1.54, 1.807) is 18.4 Å². The smallest absolute Gasteiger partial charge is 0.124 e. The van der Waals surface area contributed by atoms with E-state index in [-0.39, 0.29) is 5.82 Å². The Bertz CT molecular complexity index is 522. The molecule has 3 nitrogen and oxygen atoms in total. The molecule has 2 N–H and O–H groups in total. The second-order valence-corrected chi connectivity index (χ2v) is 3.80. The lowest BCUT2D eigenvalue weighted by molar-refractivity contribution is 0.406. The third-order valence-electron chi connectivity index (χ3n) is 2.76. The van der Waals surface area contributed by atoms with Crippen LogP contribution in [0.1, 0.15) is 22.9 Å². The normalized spacial score (nSPS) is 12.5. The fraction of sp³-hybridized carbons (Fsp3) is 0.231. The number of aryl methyl sites for hydroxylation is 1. The van der Waals surface area contributed by atoms with Crippen LogP contribution in [-0.2, 0) is 0 Å². The number of rotatable bonds is 3. The average molecular weight is 235 g/mol. The molecule has 0 aliphatic carbocycles. The van der Waals surface area contributed by atoms with Gasteiger partial charge in [0.1, 0.15) is 17.3 Å². The highest BCUT2D eigenvalue weighted by molar-refractivity contribution is 5.42. The van der Waals surface area contributed by atoms with Gasteiger partial charge in [-0.2, -0.15) is 0 Å². The summed E-state index contributed by atoms with van der Waals surface area (Å²) in [6, 6.07) is 5.62. The number of furan rings is 1. The monoisotopic (exact) mass is 235 g/mol. The molecule has 0 aliphatic rings. The van der Waals surface area contributed by atoms with E-state index in [0.29, 0.717) is 11.3 Å². The zero-order chi connectivity index (χ0) is 12.4. The van der Waals surface area contributed by atoms with Gasteiger partial charge in [-0.25, -0.2) is 4.39 Å². The first-order valence-electron chi connectivity index (χ1n) is 5.26. The van der Waals surface area contributed by atoms with Crippen LogP contribution in [0, 0.1) is 12.7 Å². The first-order chi connectivity index (χ1) is 8.13. The molecule has 0 amide bonds. The summed E-state index contributed by atoms with van der Waals surface area (Å²) in [5.74, 6) is 0.959. The van der Waals surface area contributed by atoms with Gasteiger partial charge >= 0.3 is 0 Å². The summed E-state index contributed by atoms with van der Waals surface area (Å²) in [6.07, 6.45) is 1.57. The Labute approximate surface area is 99.0 Å². The van der Waals surface area contributed by atoms with E-state index in [0.717, 1.165) is 11.3 Å². The van der Waals surface area contributed by atoms with Gasteiger partial charge in [0.05, 0.1) is 19.4 Å². The van der Waals surface area contributed by atoms with Gasteiger partial charge in [-0.3, -0.25) is 0 Å². The van der Waals surface area contributed by atoms with Crippen LogP contribution in [0.5, 0.6) is 5.75 Å². The molecule has 4 heteroatoms. The summed E-state index contributed by atoms with van der Waals surface area (Å²) in [5.41, 5.74) is 7.54. The van der Waals surface area contributed by atoms with E-state index >= 15 is 0 Å². The van der Waals surface area contributed by atoms with Crippen LogP contribution in [0.3, 0.4) is 0 Å². The van der Waals surface area contributed by atoms with Gasteiger partial charge < -0.3 is 14.9 Å². The van der Waals surface area contributed by atoms with Crippen molar-refractivity contribution in [2.45, 2.75) is 13.0 Å². The van der Waals surface area contributed by atoms with Crippen molar-refractivity contribution >= 4 is 0 Å². The molecule has 17 heavy (non-hydrogen) atoms. The zero-order valence-electron chi connectivity index (χ0n) is 9.74. The molecule has 1 aromatic heterocycles. The summed E-state index contributed by atoms with van der Waals surface area (Å²) < 4.78 is 23.6. The largest absolute Gasteiger partial charge is 0.496 e. The van der Waals surface area contributed by atoms with Gasteiger partial charge in [-0.05, 0) is 31.2 Å².